The highest BCUT2D eigenvalue weighted by Crippen LogP contribution is 2.18. The number of carbonyl (C=O) groups is 1. The predicted octanol–water partition coefficient (Wildman–Crippen LogP) is 2.14. The summed E-state index contributed by atoms with van der Waals surface area (Å²) in [5, 5.41) is 4.62. The Balaban J connectivity index is 2.00. The Morgan fingerprint density at radius 3 is 2.80 bits per heavy atom. The number of aromatic nitrogens is 1. The van der Waals surface area contributed by atoms with Gasteiger partial charge in [-0.05, 0) is 31.5 Å². The first-order valence-electron chi connectivity index (χ1n) is 6.28. The number of nitrogens with zero attached hydrogens (tertiary/aromatic N) is 1. The van der Waals surface area contributed by atoms with Crippen molar-refractivity contribution in [3.63, 3.8) is 0 Å². The largest absolute Gasteiger partial charge is 0.399 e. The van der Waals surface area contributed by atoms with Crippen LogP contribution in [-0.4, -0.2) is 10.5 Å². The van der Waals surface area contributed by atoms with Crippen molar-refractivity contribution in [3.05, 3.63) is 44.5 Å². The van der Waals surface area contributed by atoms with Gasteiger partial charge in [0, 0.05) is 35.4 Å². The minimum absolute atomic E-state index is 0.0320. The van der Waals surface area contributed by atoms with E-state index in [2.05, 4.69) is 5.32 Å². The third-order valence-corrected chi connectivity index (χ3v) is 3.96. The summed E-state index contributed by atoms with van der Waals surface area (Å²) >= 11 is 1.15. The van der Waals surface area contributed by atoms with Crippen LogP contribution >= 0.6 is 11.3 Å². The molecule has 0 saturated heterocycles. The fraction of sp³-hybridized carbons (Fsp3) is 0.286. The quantitative estimate of drug-likeness (QED) is 0.847. The number of carbonyl (C=O) groups excluding carboxylic acids is 1. The van der Waals surface area contributed by atoms with Crippen molar-refractivity contribution in [3.8, 4) is 0 Å². The average Bonchev–Trinajstić information content (AvgIpc) is 2.71. The maximum Gasteiger partial charge on any atom is 0.307 e. The number of hydrogen-bond donors (Lipinski definition) is 2. The van der Waals surface area contributed by atoms with Gasteiger partial charge in [0.2, 0.25) is 5.91 Å². The van der Waals surface area contributed by atoms with E-state index in [1.807, 2.05) is 19.9 Å². The molecule has 106 valence electrons. The third kappa shape index (κ3) is 3.27. The van der Waals surface area contributed by atoms with Gasteiger partial charge in [-0.15, -0.1) is 0 Å². The molecule has 2 aromatic rings. The summed E-state index contributed by atoms with van der Waals surface area (Å²) in [6, 6.07) is 5.38. The normalized spacial score (nSPS) is 10.5. The fourth-order valence-corrected chi connectivity index (χ4v) is 2.64. The molecule has 0 saturated carbocycles. The van der Waals surface area contributed by atoms with Gasteiger partial charge < -0.3 is 15.6 Å². The van der Waals surface area contributed by atoms with E-state index < -0.39 is 0 Å². The van der Waals surface area contributed by atoms with Gasteiger partial charge in [0.15, 0.2) is 0 Å². The fourth-order valence-electron chi connectivity index (χ4n) is 1.87. The lowest BCUT2D eigenvalue weighted by molar-refractivity contribution is -0.116. The summed E-state index contributed by atoms with van der Waals surface area (Å²) in [5.74, 6) is -0.129. The molecular weight excluding hydrogens is 274 g/mol. The molecule has 1 aromatic carbocycles. The minimum atomic E-state index is -0.129. The van der Waals surface area contributed by atoms with Crippen molar-refractivity contribution >= 4 is 28.6 Å². The second-order valence-corrected chi connectivity index (χ2v) is 5.49. The number of nitrogens with one attached hydrogen (secondary N) is 1. The lowest BCUT2D eigenvalue weighted by Gasteiger charge is -2.09. The molecule has 0 atom stereocenters. The van der Waals surface area contributed by atoms with Gasteiger partial charge >= 0.3 is 4.87 Å². The molecule has 0 bridgehead atoms. The van der Waals surface area contributed by atoms with E-state index in [-0.39, 0.29) is 17.2 Å². The minimum Gasteiger partial charge on any atom is -0.399 e. The standard InChI is InChI=1S/C14H17N3O2S/c1-9-3-4-11(15)7-12(9)16-13(18)5-6-17-10(2)8-20-14(17)19/h3-4,7-8H,5-6,15H2,1-2H3,(H,16,18). The zero-order valence-electron chi connectivity index (χ0n) is 11.5. The lowest BCUT2D eigenvalue weighted by atomic mass is 10.2. The highest BCUT2D eigenvalue weighted by Gasteiger charge is 2.08. The molecule has 3 N–H and O–H groups in total. The summed E-state index contributed by atoms with van der Waals surface area (Å²) in [6.07, 6.45) is 0.256. The summed E-state index contributed by atoms with van der Waals surface area (Å²) in [5.41, 5.74) is 8.86. The van der Waals surface area contributed by atoms with Gasteiger partial charge in [0.05, 0.1) is 0 Å². The average molecular weight is 291 g/mol. The molecule has 0 radical (unpaired) electrons. The Labute approximate surface area is 121 Å². The second kappa shape index (κ2) is 5.92. The van der Waals surface area contributed by atoms with Gasteiger partial charge in [-0.25, -0.2) is 0 Å². The van der Waals surface area contributed by atoms with Crippen molar-refractivity contribution in [1.82, 2.24) is 4.57 Å². The van der Waals surface area contributed by atoms with Crippen LogP contribution in [0.25, 0.3) is 0 Å². The maximum absolute atomic E-state index is 11.9. The van der Waals surface area contributed by atoms with E-state index in [0.29, 0.717) is 17.9 Å². The number of nitrogen functional groups attached to an aromatic ring is 1. The van der Waals surface area contributed by atoms with E-state index in [1.54, 1.807) is 22.1 Å². The molecule has 5 nitrogen and oxygen atoms in total. The summed E-state index contributed by atoms with van der Waals surface area (Å²) in [6.45, 7) is 4.15. The Bertz CT molecular complexity index is 688. The van der Waals surface area contributed by atoms with Gasteiger partial charge in [-0.3, -0.25) is 9.59 Å². The Morgan fingerprint density at radius 1 is 1.40 bits per heavy atom. The van der Waals surface area contributed by atoms with E-state index in [1.165, 1.54) is 0 Å². The summed E-state index contributed by atoms with van der Waals surface area (Å²) in [4.78, 5) is 23.4. The van der Waals surface area contributed by atoms with Crippen molar-refractivity contribution in [2.24, 2.45) is 0 Å². The lowest BCUT2D eigenvalue weighted by Crippen LogP contribution is -2.20. The van der Waals surface area contributed by atoms with Crippen molar-refractivity contribution in [1.29, 1.82) is 0 Å². The molecular formula is C14H17N3O2S. The molecule has 0 aliphatic carbocycles. The van der Waals surface area contributed by atoms with Gasteiger partial charge in [0.25, 0.3) is 0 Å². The predicted molar refractivity (Wildman–Crippen MR) is 82.2 cm³/mol. The van der Waals surface area contributed by atoms with Gasteiger partial charge in [-0.2, -0.15) is 0 Å². The molecule has 0 aliphatic heterocycles. The smallest absolute Gasteiger partial charge is 0.307 e. The van der Waals surface area contributed by atoms with Crippen LogP contribution in [0.4, 0.5) is 11.4 Å². The maximum atomic E-state index is 11.9. The van der Waals surface area contributed by atoms with Crippen LogP contribution in [-0.2, 0) is 11.3 Å². The van der Waals surface area contributed by atoms with Crippen LogP contribution < -0.4 is 15.9 Å². The number of rotatable bonds is 4. The monoisotopic (exact) mass is 291 g/mol. The molecule has 1 aromatic heterocycles. The molecule has 2 rings (SSSR count). The van der Waals surface area contributed by atoms with Crippen LogP contribution in [0.1, 0.15) is 17.7 Å². The molecule has 1 heterocycles. The number of thiazole rings is 1. The number of benzene rings is 1. The van der Waals surface area contributed by atoms with Crippen molar-refractivity contribution in [2.75, 3.05) is 11.1 Å². The molecule has 20 heavy (non-hydrogen) atoms. The summed E-state index contributed by atoms with van der Waals surface area (Å²) < 4.78 is 1.61. The van der Waals surface area contributed by atoms with Crippen molar-refractivity contribution in [2.45, 2.75) is 26.8 Å². The Kier molecular flexibility index (Phi) is 4.24. The number of anilines is 2. The molecule has 1 amide bonds. The zero-order valence-corrected chi connectivity index (χ0v) is 12.3. The molecule has 0 aliphatic rings. The van der Waals surface area contributed by atoms with Gasteiger partial charge in [0.1, 0.15) is 0 Å². The van der Waals surface area contributed by atoms with E-state index >= 15 is 0 Å². The first kappa shape index (κ1) is 14.3. The van der Waals surface area contributed by atoms with E-state index in [4.69, 9.17) is 5.73 Å². The van der Waals surface area contributed by atoms with Crippen LogP contribution in [0.3, 0.4) is 0 Å². The Morgan fingerprint density at radius 2 is 2.15 bits per heavy atom. The molecule has 0 unspecified atom stereocenters. The number of nitrogens with two attached hydrogens (primary N) is 1. The van der Waals surface area contributed by atoms with Crippen LogP contribution in [0, 0.1) is 13.8 Å². The zero-order chi connectivity index (χ0) is 14.7. The molecule has 0 spiro atoms. The van der Waals surface area contributed by atoms with Crippen LogP contribution in [0.15, 0.2) is 28.4 Å². The second-order valence-electron chi connectivity index (χ2n) is 4.67. The topological polar surface area (TPSA) is 77.1 Å². The third-order valence-electron chi connectivity index (χ3n) is 3.07. The number of amides is 1. The van der Waals surface area contributed by atoms with E-state index in [0.717, 1.165) is 22.6 Å². The van der Waals surface area contributed by atoms with E-state index in [9.17, 15) is 9.59 Å². The highest BCUT2D eigenvalue weighted by molar-refractivity contribution is 7.07. The van der Waals surface area contributed by atoms with Gasteiger partial charge in [-0.1, -0.05) is 17.4 Å². The number of aryl methyl sites for hydroxylation is 2. The first-order valence-corrected chi connectivity index (χ1v) is 7.16. The Hall–Kier alpha value is -2.08. The summed E-state index contributed by atoms with van der Waals surface area (Å²) in [7, 11) is 0. The number of hydrogen-bond acceptors (Lipinski definition) is 4. The van der Waals surface area contributed by atoms with Crippen LogP contribution in [0.2, 0.25) is 0 Å². The molecule has 6 heteroatoms. The SMILES string of the molecule is Cc1ccc(N)cc1NC(=O)CCn1c(C)csc1=O. The highest BCUT2D eigenvalue weighted by atomic mass is 32.1. The molecule has 0 fully saturated rings. The first-order chi connectivity index (χ1) is 9.47. The van der Waals surface area contributed by atoms with Crippen molar-refractivity contribution < 1.29 is 4.79 Å². The van der Waals surface area contributed by atoms with Crippen LogP contribution in [0.5, 0.6) is 0 Å².